The first-order valence-electron chi connectivity index (χ1n) is 7.55. The maximum absolute atomic E-state index is 12.8. The van der Waals surface area contributed by atoms with Gasteiger partial charge >= 0.3 is 0 Å². The molecule has 1 amide bonds. The number of carbonyl (C=O) groups excluding carboxylic acids is 1. The van der Waals surface area contributed by atoms with E-state index in [1.54, 1.807) is 18.2 Å². The lowest BCUT2D eigenvalue weighted by Gasteiger charge is -2.25. The molecule has 2 aromatic rings. The molecule has 23 heavy (non-hydrogen) atoms. The zero-order valence-corrected chi connectivity index (χ0v) is 14.3. The number of hydrogen-bond donors (Lipinski definition) is 1. The third-order valence-corrected chi connectivity index (χ3v) is 4.49. The molecule has 5 heteroatoms. The van der Waals surface area contributed by atoms with Gasteiger partial charge in [0.15, 0.2) is 0 Å². The number of anilines is 1. The lowest BCUT2D eigenvalue weighted by Crippen LogP contribution is -2.37. The number of nitrogen functional groups attached to an aromatic ring is 1. The highest BCUT2D eigenvalue weighted by molar-refractivity contribution is 6.34. The molecule has 1 aliphatic heterocycles. The van der Waals surface area contributed by atoms with Gasteiger partial charge in [-0.2, -0.15) is 0 Å². The van der Waals surface area contributed by atoms with Gasteiger partial charge in [0.1, 0.15) is 0 Å². The molecular formula is C18H20Cl2N2O. The third kappa shape index (κ3) is 3.98. The molecular weight excluding hydrogens is 331 g/mol. The van der Waals surface area contributed by atoms with Gasteiger partial charge in [0.2, 0.25) is 0 Å². The largest absolute Gasteiger partial charge is 0.399 e. The highest BCUT2D eigenvalue weighted by Gasteiger charge is 2.30. The van der Waals surface area contributed by atoms with Crippen molar-refractivity contribution in [2.75, 3.05) is 12.3 Å². The van der Waals surface area contributed by atoms with E-state index in [-0.39, 0.29) is 24.4 Å². The topological polar surface area (TPSA) is 46.3 Å². The standard InChI is InChI=1S/C18H19ClN2O.ClH/c19-17-12-14(20)8-9-16(17)18(22)21-10-4-7-15(21)11-13-5-2-1-3-6-13;/h1-3,5-6,8-9,12,15H,4,7,10-11,20H2;1H. The highest BCUT2D eigenvalue weighted by atomic mass is 35.5. The van der Waals surface area contributed by atoms with Gasteiger partial charge in [-0.1, -0.05) is 41.9 Å². The first-order chi connectivity index (χ1) is 10.6. The quantitative estimate of drug-likeness (QED) is 0.843. The minimum absolute atomic E-state index is 0. The molecule has 1 saturated heterocycles. The molecule has 0 spiro atoms. The van der Waals surface area contributed by atoms with Crippen LogP contribution in [0.4, 0.5) is 5.69 Å². The first-order valence-corrected chi connectivity index (χ1v) is 7.93. The van der Waals surface area contributed by atoms with E-state index < -0.39 is 0 Å². The molecule has 0 aromatic heterocycles. The van der Waals surface area contributed by atoms with Gasteiger partial charge in [0.05, 0.1) is 10.6 Å². The number of halogens is 2. The monoisotopic (exact) mass is 350 g/mol. The third-order valence-electron chi connectivity index (χ3n) is 4.18. The SMILES string of the molecule is Cl.Nc1ccc(C(=O)N2CCCC2Cc2ccccc2)c(Cl)c1. The fraction of sp³-hybridized carbons (Fsp3) is 0.278. The highest BCUT2D eigenvalue weighted by Crippen LogP contribution is 2.27. The summed E-state index contributed by atoms with van der Waals surface area (Å²) >= 11 is 6.18. The number of likely N-dealkylation sites (tertiary alicyclic amines) is 1. The Balaban J connectivity index is 0.00000192. The summed E-state index contributed by atoms with van der Waals surface area (Å²) in [6.07, 6.45) is 2.96. The van der Waals surface area contributed by atoms with Gasteiger partial charge < -0.3 is 10.6 Å². The second-order valence-corrected chi connectivity index (χ2v) is 6.13. The number of benzene rings is 2. The molecule has 1 fully saturated rings. The van der Waals surface area contributed by atoms with Gasteiger partial charge in [-0.25, -0.2) is 0 Å². The Morgan fingerprint density at radius 3 is 2.65 bits per heavy atom. The number of amides is 1. The number of nitrogens with zero attached hydrogens (tertiary/aromatic N) is 1. The number of nitrogens with two attached hydrogens (primary N) is 1. The maximum atomic E-state index is 12.8. The summed E-state index contributed by atoms with van der Waals surface area (Å²) in [7, 11) is 0. The van der Waals surface area contributed by atoms with Crippen molar-refractivity contribution >= 4 is 35.6 Å². The van der Waals surface area contributed by atoms with Gasteiger partial charge in [-0.05, 0) is 43.0 Å². The van der Waals surface area contributed by atoms with Crippen molar-refractivity contribution in [3.05, 3.63) is 64.7 Å². The fourth-order valence-corrected chi connectivity index (χ4v) is 3.33. The van der Waals surface area contributed by atoms with E-state index in [9.17, 15) is 4.79 Å². The molecule has 2 aromatic carbocycles. The molecule has 2 N–H and O–H groups in total. The molecule has 1 heterocycles. The Kier molecular flexibility index (Phi) is 5.91. The van der Waals surface area contributed by atoms with Crippen LogP contribution in [0, 0.1) is 0 Å². The van der Waals surface area contributed by atoms with E-state index in [0.717, 1.165) is 25.8 Å². The average Bonchev–Trinajstić information content (AvgIpc) is 2.96. The van der Waals surface area contributed by atoms with Crippen LogP contribution in [0.2, 0.25) is 5.02 Å². The van der Waals surface area contributed by atoms with Crippen molar-refractivity contribution in [2.24, 2.45) is 0 Å². The predicted molar refractivity (Wildman–Crippen MR) is 97.3 cm³/mol. The zero-order valence-electron chi connectivity index (χ0n) is 12.7. The van der Waals surface area contributed by atoms with Gasteiger partial charge in [0, 0.05) is 18.3 Å². The molecule has 3 rings (SSSR count). The summed E-state index contributed by atoms with van der Waals surface area (Å²) in [6, 6.07) is 15.6. The second kappa shape index (κ2) is 7.71. The summed E-state index contributed by atoms with van der Waals surface area (Å²) < 4.78 is 0. The van der Waals surface area contributed by atoms with Crippen molar-refractivity contribution in [3.8, 4) is 0 Å². The van der Waals surface area contributed by atoms with Crippen LogP contribution in [-0.2, 0) is 6.42 Å². The van der Waals surface area contributed by atoms with Crippen molar-refractivity contribution < 1.29 is 4.79 Å². The molecule has 1 atom stereocenters. The summed E-state index contributed by atoms with van der Waals surface area (Å²) in [5.74, 6) is 0.00318. The van der Waals surface area contributed by atoms with Gasteiger partial charge in [-0.3, -0.25) is 4.79 Å². The first kappa shape index (κ1) is 17.6. The molecule has 0 aliphatic carbocycles. The molecule has 122 valence electrons. The van der Waals surface area contributed by atoms with Crippen LogP contribution in [0.1, 0.15) is 28.8 Å². The van der Waals surface area contributed by atoms with Crippen LogP contribution in [0.3, 0.4) is 0 Å². The van der Waals surface area contributed by atoms with E-state index >= 15 is 0 Å². The van der Waals surface area contributed by atoms with Gasteiger partial charge in [0.25, 0.3) is 5.91 Å². The van der Waals surface area contributed by atoms with Crippen LogP contribution in [0.15, 0.2) is 48.5 Å². The minimum Gasteiger partial charge on any atom is -0.399 e. The lowest BCUT2D eigenvalue weighted by molar-refractivity contribution is 0.0736. The predicted octanol–water partition coefficient (Wildman–Crippen LogP) is 4.19. The minimum atomic E-state index is 0. The Labute approximate surface area is 147 Å². The summed E-state index contributed by atoms with van der Waals surface area (Å²) in [6.45, 7) is 0.789. The van der Waals surface area contributed by atoms with E-state index in [1.165, 1.54) is 5.56 Å². The Bertz CT molecular complexity index is 676. The molecule has 1 aliphatic rings. The normalized spacial score (nSPS) is 16.9. The van der Waals surface area contributed by atoms with E-state index in [4.69, 9.17) is 17.3 Å². The lowest BCUT2D eigenvalue weighted by atomic mass is 10.0. The maximum Gasteiger partial charge on any atom is 0.255 e. The van der Waals surface area contributed by atoms with Crippen LogP contribution in [-0.4, -0.2) is 23.4 Å². The Hall–Kier alpha value is -1.71. The summed E-state index contributed by atoms with van der Waals surface area (Å²) in [4.78, 5) is 14.7. The van der Waals surface area contributed by atoms with E-state index in [0.29, 0.717) is 16.3 Å². The van der Waals surface area contributed by atoms with Crippen LogP contribution in [0.5, 0.6) is 0 Å². The van der Waals surface area contributed by atoms with E-state index in [2.05, 4.69) is 12.1 Å². The Morgan fingerprint density at radius 2 is 1.96 bits per heavy atom. The summed E-state index contributed by atoms with van der Waals surface area (Å²) in [5.41, 5.74) is 8.07. The molecule has 0 saturated carbocycles. The Morgan fingerprint density at radius 1 is 1.22 bits per heavy atom. The number of rotatable bonds is 3. The molecule has 1 unspecified atom stereocenters. The van der Waals surface area contributed by atoms with Crippen LogP contribution < -0.4 is 5.73 Å². The number of hydrogen-bond acceptors (Lipinski definition) is 2. The van der Waals surface area contributed by atoms with Crippen molar-refractivity contribution in [1.82, 2.24) is 4.90 Å². The second-order valence-electron chi connectivity index (χ2n) is 5.72. The molecule has 0 radical (unpaired) electrons. The fourth-order valence-electron chi connectivity index (χ4n) is 3.06. The molecule has 0 bridgehead atoms. The summed E-state index contributed by atoms with van der Waals surface area (Å²) in [5, 5.41) is 0.426. The average molecular weight is 351 g/mol. The van der Waals surface area contributed by atoms with E-state index in [1.807, 2.05) is 23.1 Å². The van der Waals surface area contributed by atoms with Gasteiger partial charge in [-0.15, -0.1) is 12.4 Å². The molecule has 3 nitrogen and oxygen atoms in total. The van der Waals surface area contributed by atoms with Crippen molar-refractivity contribution in [3.63, 3.8) is 0 Å². The van der Waals surface area contributed by atoms with Crippen molar-refractivity contribution in [1.29, 1.82) is 0 Å². The number of carbonyl (C=O) groups is 1. The smallest absolute Gasteiger partial charge is 0.255 e. The van der Waals surface area contributed by atoms with Crippen LogP contribution in [0.25, 0.3) is 0 Å². The zero-order chi connectivity index (χ0) is 15.5. The van der Waals surface area contributed by atoms with Crippen molar-refractivity contribution in [2.45, 2.75) is 25.3 Å². The van der Waals surface area contributed by atoms with Crippen LogP contribution >= 0.6 is 24.0 Å².